The van der Waals surface area contributed by atoms with Crippen LogP contribution in [0.15, 0.2) is 28.9 Å². The molecule has 0 amide bonds. The predicted octanol–water partition coefficient (Wildman–Crippen LogP) is 0.923. The van der Waals surface area contributed by atoms with Gasteiger partial charge in [-0.3, -0.25) is 10.1 Å². The molecule has 0 radical (unpaired) electrons. The number of non-ortho nitro benzene ring substituents is 1. The van der Waals surface area contributed by atoms with Crippen LogP contribution in [-0.2, 0) is 4.74 Å². The van der Waals surface area contributed by atoms with E-state index in [0.717, 1.165) is 0 Å². The molecule has 2 aromatic rings. The molecule has 3 rings (SSSR count). The fourth-order valence-electron chi connectivity index (χ4n) is 2.56. The highest BCUT2D eigenvalue weighted by molar-refractivity contribution is 9.10. The van der Waals surface area contributed by atoms with Gasteiger partial charge in [-0.1, -0.05) is 0 Å². The fraction of sp³-hybridized carbons (Fsp3) is 0.385. The third kappa shape index (κ3) is 2.40. The van der Waals surface area contributed by atoms with E-state index in [9.17, 15) is 25.4 Å². The van der Waals surface area contributed by atoms with Crippen LogP contribution in [0.2, 0.25) is 0 Å². The van der Waals surface area contributed by atoms with E-state index in [0.29, 0.717) is 15.4 Å². The zero-order valence-electron chi connectivity index (χ0n) is 11.2. The summed E-state index contributed by atoms with van der Waals surface area (Å²) in [6.45, 7) is -0.144. The van der Waals surface area contributed by atoms with Crippen LogP contribution in [0, 0.1) is 10.1 Å². The predicted molar refractivity (Wildman–Crippen MR) is 79.3 cm³/mol. The number of nitro groups is 1. The molecule has 1 aliphatic heterocycles. The topological polar surface area (TPSA) is 118 Å². The van der Waals surface area contributed by atoms with E-state index in [2.05, 4.69) is 15.9 Å². The van der Waals surface area contributed by atoms with Crippen molar-refractivity contribution in [2.24, 2.45) is 0 Å². The van der Waals surface area contributed by atoms with E-state index in [1.165, 1.54) is 16.7 Å². The summed E-state index contributed by atoms with van der Waals surface area (Å²) in [6.07, 6.45) is -3.22. The van der Waals surface area contributed by atoms with Crippen molar-refractivity contribution in [1.82, 2.24) is 4.57 Å². The van der Waals surface area contributed by atoms with Crippen molar-refractivity contribution < 1.29 is 25.0 Å². The highest BCUT2D eigenvalue weighted by Crippen LogP contribution is 2.34. The zero-order chi connectivity index (χ0) is 16.0. The first kappa shape index (κ1) is 15.4. The van der Waals surface area contributed by atoms with Gasteiger partial charge in [0.15, 0.2) is 6.23 Å². The lowest BCUT2D eigenvalue weighted by atomic mass is 10.0. The van der Waals surface area contributed by atoms with Crippen LogP contribution in [-0.4, -0.2) is 49.7 Å². The minimum absolute atomic E-state index is 0.0924. The second kappa shape index (κ2) is 5.60. The molecule has 0 bridgehead atoms. The number of aliphatic hydroxyl groups is 3. The Morgan fingerprint density at radius 3 is 2.73 bits per heavy atom. The lowest BCUT2D eigenvalue weighted by Crippen LogP contribution is -2.50. The average Bonchev–Trinajstić information content (AvgIpc) is 2.81. The fourth-order valence-corrected chi connectivity index (χ4v) is 3.11. The molecular weight excluding hydrogens is 360 g/mol. The van der Waals surface area contributed by atoms with Gasteiger partial charge in [-0.25, -0.2) is 0 Å². The Bertz CT molecular complexity index is 733. The summed E-state index contributed by atoms with van der Waals surface area (Å²) in [5, 5.41) is 41.0. The minimum atomic E-state index is -1.36. The lowest BCUT2D eigenvalue weighted by Gasteiger charge is -2.36. The maximum Gasteiger partial charge on any atom is 0.271 e. The van der Waals surface area contributed by atoms with Gasteiger partial charge >= 0.3 is 0 Å². The molecule has 4 atom stereocenters. The Hall–Kier alpha value is -1.52. The average molecular weight is 373 g/mol. The summed E-state index contributed by atoms with van der Waals surface area (Å²) in [4.78, 5) is 10.4. The Labute approximate surface area is 132 Å². The van der Waals surface area contributed by atoms with Crippen LogP contribution in [0.4, 0.5) is 5.69 Å². The normalized spacial score (nSPS) is 28.9. The van der Waals surface area contributed by atoms with Gasteiger partial charge in [-0.05, 0) is 22.0 Å². The molecule has 1 aromatic heterocycles. The number of aromatic nitrogens is 1. The molecule has 0 spiro atoms. The molecule has 0 aliphatic carbocycles. The summed E-state index contributed by atoms with van der Waals surface area (Å²) in [6, 6.07) is 4.34. The van der Waals surface area contributed by atoms with Gasteiger partial charge in [0.25, 0.3) is 5.69 Å². The third-order valence-electron chi connectivity index (χ3n) is 3.73. The molecule has 1 aliphatic rings. The number of halogens is 1. The van der Waals surface area contributed by atoms with E-state index in [1.807, 2.05) is 0 Å². The van der Waals surface area contributed by atoms with Crippen LogP contribution >= 0.6 is 15.9 Å². The molecule has 8 nitrogen and oxygen atoms in total. The number of aliphatic hydroxyl groups excluding tert-OH is 3. The first-order valence-electron chi connectivity index (χ1n) is 6.50. The zero-order valence-corrected chi connectivity index (χ0v) is 12.8. The van der Waals surface area contributed by atoms with Crippen molar-refractivity contribution >= 4 is 32.5 Å². The van der Waals surface area contributed by atoms with Crippen molar-refractivity contribution in [2.75, 3.05) is 6.61 Å². The molecular formula is C13H13BrN2O6. The van der Waals surface area contributed by atoms with Gasteiger partial charge in [0.1, 0.15) is 18.3 Å². The Morgan fingerprint density at radius 1 is 1.32 bits per heavy atom. The summed E-state index contributed by atoms with van der Waals surface area (Å²) in [7, 11) is 0. The molecule has 2 heterocycles. The van der Waals surface area contributed by atoms with Crippen molar-refractivity contribution in [3.63, 3.8) is 0 Å². The molecule has 118 valence electrons. The maximum atomic E-state index is 10.9. The van der Waals surface area contributed by atoms with Gasteiger partial charge < -0.3 is 24.6 Å². The van der Waals surface area contributed by atoms with Gasteiger partial charge in [0, 0.05) is 28.2 Å². The van der Waals surface area contributed by atoms with Crippen molar-refractivity contribution in [1.29, 1.82) is 0 Å². The number of hydrogen-bond donors (Lipinski definition) is 3. The minimum Gasteiger partial charge on any atom is -0.388 e. The maximum absolute atomic E-state index is 10.9. The van der Waals surface area contributed by atoms with Gasteiger partial charge in [-0.2, -0.15) is 0 Å². The molecule has 22 heavy (non-hydrogen) atoms. The first-order valence-corrected chi connectivity index (χ1v) is 7.29. The largest absolute Gasteiger partial charge is 0.388 e. The van der Waals surface area contributed by atoms with Crippen molar-refractivity contribution in [3.05, 3.63) is 39.0 Å². The monoisotopic (exact) mass is 372 g/mol. The number of nitrogens with zero attached hydrogens (tertiary/aromatic N) is 2. The molecule has 3 N–H and O–H groups in total. The highest BCUT2D eigenvalue weighted by atomic mass is 79.9. The van der Waals surface area contributed by atoms with Crippen LogP contribution in [0.25, 0.3) is 10.9 Å². The van der Waals surface area contributed by atoms with Crippen LogP contribution in [0.5, 0.6) is 0 Å². The first-order chi connectivity index (χ1) is 10.4. The van der Waals surface area contributed by atoms with Gasteiger partial charge in [0.05, 0.1) is 17.0 Å². The second-order valence-electron chi connectivity index (χ2n) is 5.12. The Kier molecular flexibility index (Phi) is 3.91. The van der Waals surface area contributed by atoms with E-state index < -0.39 is 29.5 Å². The Balaban J connectivity index is 2.10. The molecule has 1 aromatic carbocycles. The van der Waals surface area contributed by atoms with Crippen LogP contribution in [0.1, 0.15) is 6.23 Å². The number of benzene rings is 1. The standard InChI is InChI=1S/C13H13BrN2O6/c14-8-4-15(13-12(19)11(18)10(17)5-22-13)9-3-6(16(20)21)1-2-7(8)9/h1-4,10-13,17-19H,5H2/t10-,11-,12+,13+/m0/s1. The van der Waals surface area contributed by atoms with E-state index >= 15 is 0 Å². The number of hydrogen-bond acceptors (Lipinski definition) is 6. The van der Waals surface area contributed by atoms with E-state index in [4.69, 9.17) is 4.74 Å². The lowest BCUT2D eigenvalue weighted by molar-refractivity contribution is -0.384. The van der Waals surface area contributed by atoms with Gasteiger partial charge in [0.2, 0.25) is 0 Å². The van der Waals surface area contributed by atoms with Crippen molar-refractivity contribution in [3.8, 4) is 0 Å². The molecule has 0 unspecified atom stereocenters. The summed E-state index contributed by atoms with van der Waals surface area (Å²) >= 11 is 3.35. The molecule has 1 saturated heterocycles. The van der Waals surface area contributed by atoms with E-state index in [-0.39, 0.29) is 12.3 Å². The van der Waals surface area contributed by atoms with Gasteiger partial charge in [-0.15, -0.1) is 0 Å². The second-order valence-corrected chi connectivity index (χ2v) is 5.97. The van der Waals surface area contributed by atoms with Crippen LogP contribution in [0.3, 0.4) is 0 Å². The number of fused-ring (bicyclic) bond motifs is 1. The summed E-state index contributed by atoms with van der Waals surface area (Å²) < 4.78 is 7.57. The number of nitro benzene ring substituents is 1. The van der Waals surface area contributed by atoms with Crippen LogP contribution < -0.4 is 0 Å². The SMILES string of the molecule is O=[N+]([O-])c1ccc2c(Br)cn([C@@H]3OC[C@H](O)[C@H](O)[C@H]3O)c2c1. The van der Waals surface area contributed by atoms with Crippen molar-refractivity contribution in [2.45, 2.75) is 24.5 Å². The summed E-state index contributed by atoms with van der Waals surface area (Å²) in [5.74, 6) is 0. The highest BCUT2D eigenvalue weighted by Gasteiger charge is 2.39. The molecule has 0 saturated carbocycles. The molecule has 1 fully saturated rings. The molecule has 9 heteroatoms. The third-order valence-corrected chi connectivity index (χ3v) is 4.36. The van der Waals surface area contributed by atoms with E-state index in [1.54, 1.807) is 12.3 Å². The number of ether oxygens (including phenoxy) is 1. The summed E-state index contributed by atoms with van der Waals surface area (Å²) in [5.41, 5.74) is 0.388. The quantitative estimate of drug-likeness (QED) is 0.532. The Morgan fingerprint density at radius 2 is 2.05 bits per heavy atom. The smallest absolute Gasteiger partial charge is 0.271 e. The number of rotatable bonds is 2.